The van der Waals surface area contributed by atoms with Gasteiger partial charge in [0, 0.05) is 6.42 Å². The first-order valence-electron chi connectivity index (χ1n) is 5.11. The normalized spacial score (nSPS) is 11.0. The van der Waals surface area contributed by atoms with E-state index in [1.807, 2.05) is 0 Å². The van der Waals surface area contributed by atoms with Gasteiger partial charge in [0.25, 0.3) is 0 Å². The van der Waals surface area contributed by atoms with Gasteiger partial charge < -0.3 is 10.4 Å². The number of carboxylic acid groups (broad SMARTS) is 1. The fourth-order valence-corrected chi connectivity index (χ4v) is 1.23. The van der Waals surface area contributed by atoms with E-state index >= 15 is 0 Å². The van der Waals surface area contributed by atoms with E-state index in [0.29, 0.717) is 0 Å². The molecule has 1 amide bonds. The van der Waals surface area contributed by atoms with E-state index in [2.05, 4.69) is 5.32 Å². The largest absolute Gasteiger partial charge is 0.481 e. The van der Waals surface area contributed by atoms with E-state index in [1.54, 1.807) is 6.07 Å². The van der Waals surface area contributed by atoms with E-state index in [4.69, 9.17) is 5.11 Å². The zero-order valence-corrected chi connectivity index (χ0v) is 9.66. The molecule has 1 rings (SSSR count). The van der Waals surface area contributed by atoms with Crippen molar-refractivity contribution in [2.45, 2.75) is 20.3 Å². The number of carbonyl (C=O) groups is 2. The van der Waals surface area contributed by atoms with Crippen molar-refractivity contribution < 1.29 is 19.1 Å². The predicted molar refractivity (Wildman–Crippen MR) is 61.1 cm³/mol. The second-order valence-corrected chi connectivity index (χ2v) is 4.39. The average Bonchev–Trinajstić information content (AvgIpc) is 2.20. The number of carbonyl (C=O) groups excluding carboxylic acids is 1. The van der Waals surface area contributed by atoms with E-state index in [-0.39, 0.29) is 12.1 Å². The molecule has 2 N–H and O–H groups in total. The van der Waals surface area contributed by atoms with E-state index < -0.39 is 23.1 Å². The highest BCUT2D eigenvalue weighted by Crippen LogP contribution is 2.22. The average molecular weight is 239 g/mol. The Hall–Kier alpha value is -1.91. The Morgan fingerprint density at radius 3 is 2.47 bits per heavy atom. The minimum atomic E-state index is -1.17. The van der Waals surface area contributed by atoms with Gasteiger partial charge in [0.15, 0.2) is 0 Å². The summed E-state index contributed by atoms with van der Waals surface area (Å²) in [7, 11) is 0. The molecule has 1 aromatic carbocycles. The highest BCUT2D eigenvalue weighted by molar-refractivity contribution is 5.94. The zero-order valence-electron chi connectivity index (χ0n) is 9.66. The van der Waals surface area contributed by atoms with Crippen LogP contribution in [0.15, 0.2) is 24.3 Å². The number of aliphatic carboxylic acids is 1. The van der Waals surface area contributed by atoms with Gasteiger partial charge in [-0.2, -0.15) is 0 Å². The molecule has 0 aliphatic carbocycles. The molecule has 0 radical (unpaired) electrons. The number of halogens is 1. The molecule has 92 valence electrons. The number of amides is 1. The van der Waals surface area contributed by atoms with Crippen molar-refractivity contribution in [2.24, 2.45) is 5.41 Å². The number of hydrogen-bond donors (Lipinski definition) is 2. The maximum absolute atomic E-state index is 13.2. The first-order valence-corrected chi connectivity index (χ1v) is 5.11. The monoisotopic (exact) mass is 239 g/mol. The molecule has 0 saturated carbocycles. The van der Waals surface area contributed by atoms with Crippen LogP contribution in [-0.4, -0.2) is 17.0 Å². The fraction of sp³-hybridized carbons (Fsp3) is 0.333. The van der Waals surface area contributed by atoms with Crippen molar-refractivity contribution in [3.05, 3.63) is 30.1 Å². The number of rotatable bonds is 4. The molecule has 0 saturated heterocycles. The summed E-state index contributed by atoms with van der Waals surface area (Å²) in [5.41, 5.74) is -1.12. The SMILES string of the molecule is CC(C)(CC(=O)Nc1ccccc1F)C(=O)O. The molecule has 17 heavy (non-hydrogen) atoms. The van der Waals surface area contributed by atoms with Gasteiger partial charge in [0.05, 0.1) is 11.1 Å². The standard InChI is InChI=1S/C12H14FNO3/c1-12(2,11(16)17)7-10(15)14-9-6-4-3-5-8(9)13/h3-6H,7H2,1-2H3,(H,14,15)(H,16,17). The van der Waals surface area contributed by atoms with E-state index in [9.17, 15) is 14.0 Å². The van der Waals surface area contributed by atoms with Crippen LogP contribution in [0.2, 0.25) is 0 Å². The summed E-state index contributed by atoms with van der Waals surface area (Å²) < 4.78 is 13.2. The maximum atomic E-state index is 13.2. The summed E-state index contributed by atoms with van der Waals surface area (Å²) in [5.74, 6) is -2.14. The summed E-state index contributed by atoms with van der Waals surface area (Å²) in [4.78, 5) is 22.4. The van der Waals surface area contributed by atoms with Crippen molar-refractivity contribution >= 4 is 17.6 Å². The van der Waals surface area contributed by atoms with Crippen LogP contribution in [-0.2, 0) is 9.59 Å². The predicted octanol–water partition coefficient (Wildman–Crippen LogP) is 2.27. The van der Waals surface area contributed by atoms with Crippen LogP contribution >= 0.6 is 0 Å². The van der Waals surface area contributed by atoms with Crippen molar-refractivity contribution in [3.63, 3.8) is 0 Å². The fourth-order valence-electron chi connectivity index (χ4n) is 1.23. The van der Waals surface area contributed by atoms with E-state index in [0.717, 1.165) is 0 Å². The molecular formula is C12H14FNO3. The Balaban J connectivity index is 2.69. The lowest BCUT2D eigenvalue weighted by molar-refractivity contribution is -0.148. The van der Waals surface area contributed by atoms with E-state index in [1.165, 1.54) is 32.0 Å². The van der Waals surface area contributed by atoms with Gasteiger partial charge in [-0.3, -0.25) is 9.59 Å². The Morgan fingerprint density at radius 2 is 1.94 bits per heavy atom. The van der Waals surface area contributed by atoms with Crippen molar-refractivity contribution in [2.75, 3.05) is 5.32 Å². The van der Waals surface area contributed by atoms with Gasteiger partial charge in [0.1, 0.15) is 5.82 Å². The number of para-hydroxylation sites is 1. The summed E-state index contributed by atoms with van der Waals surface area (Å²) >= 11 is 0. The number of anilines is 1. The number of benzene rings is 1. The van der Waals surface area contributed by atoms with Gasteiger partial charge in [0.2, 0.25) is 5.91 Å². The Kier molecular flexibility index (Phi) is 3.83. The lowest BCUT2D eigenvalue weighted by Crippen LogP contribution is -2.29. The van der Waals surface area contributed by atoms with Crippen molar-refractivity contribution in [1.29, 1.82) is 0 Å². The third kappa shape index (κ3) is 3.55. The molecule has 0 spiro atoms. The third-order valence-corrected chi connectivity index (χ3v) is 2.33. The summed E-state index contributed by atoms with van der Waals surface area (Å²) in [6, 6.07) is 5.73. The molecule has 0 unspecified atom stereocenters. The molecule has 1 aromatic rings. The lowest BCUT2D eigenvalue weighted by atomic mass is 9.89. The molecule has 0 heterocycles. The lowest BCUT2D eigenvalue weighted by Gasteiger charge is -2.18. The third-order valence-electron chi connectivity index (χ3n) is 2.33. The molecule has 4 nitrogen and oxygen atoms in total. The van der Waals surface area contributed by atoms with Gasteiger partial charge in [-0.15, -0.1) is 0 Å². The molecular weight excluding hydrogens is 225 g/mol. The van der Waals surface area contributed by atoms with Gasteiger partial charge in [-0.05, 0) is 26.0 Å². The van der Waals surface area contributed by atoms with Gasteiger partial charge in [-0.1, -0.05) is 12.1 Å². The molecule has 0 aliphatic heterocycles. The smallest absolute Gasteiger partial charge is 0.309 e. The molecule has 0 fully saturated rings. The second kappa shape index (κ2) is 4.95. The first kappa shape index (κ1) is 13.2. The Morgan fingerprint density at radius 1 is 1.35 bits per heavy atom. The summed E-state index contributed by atoms with van der Waals surface area (Å²) in [6.07, 6.45) is -0.212. The molecule has 5 heteroatoms. The molecule has 0 atom stereocenters. The maximum Gasteiger partial charge on any atom is 0.309 e. The molecule has 0 aromatic heterocycles. The Bertz CT molecular complexity index is 443. The Labute approximate surface area is 98.5 Å². The second-order valence-electron chi connectivity index (χ2n) is 4.39. The van der Waals surface area contributed by atoms with Crippen molar-refractivity contribution in [3.8, 4) is 0 Å². The van der Waals surface area contributed by atoms with Crippen LogP contribution in [0.4, 0.5) is 10.1 Å². The highest BCUT2D eigenvalue weighted by atomic mass is 19.1. The topological polar surface area (TPSA) is 66.4 Å². The minimum absolute atomic E-state index is 0.0543. The highest BCUT2D eigenvalue weighted by Gasteiger charge is 2.30. The number of nitrogens with one attached hydrogen (secondary N) is 1. The first-order chi connectivity index (χ1) is 7.83. The molecule has 0 aliphatic rings. The summed E-state index contributed by atoms with van der Waals surface area (Å²) in [5, 5.41) is 11.2. The quantitative estimate of drug-likeness (QED) is 0.846. The van der Waals surface area contributed by atoms with Crippen LogP contribution < -0.4 is 5.32 Å². The number of hydrogen-bond acceptors (Lipinski definition) is 2. The van der Waals surface area contributed by atoms with Crippen LogP contribution in [0.5, 0.6) is 0 Å². The van der Waals surface area contributed by atoms with Crippen LogP contribution in [0.25, 0.3) is 0 Å². The van der Waals surface area contributed by atoms with Crippen molar-refractivity contribution in [1.82, 2.24) is 0 Å². The minimum Gasteiger partial charge on any atom is -0.481 e. The van der Waals surface area contributed by atoms with Crippen LogP contribution in [0.1, 0.15) is 20.3 Å². The number of carboxylic acids is 1. The van der Waals surface area contributed by atoms with Crippen LogP contribution in [0.3, 0.4) is 0 Å². The van der Waals surface area contributed by atoms with Gasteiger partial charge >= 0.3 is 5.97 Å². The molecule has 0 bridgehead atoms. The zero-order chi connectivity index (χ0) is 13.1. The van der Waals surface area contributed by atoms with Crippen LogP contribution in [0, 0.1) is 11.2 Å². The van der Waals surface area contributed by atoms with Gasteiger partial charge in [-0.25, -0.2) is 4.39 Å². The summed E-state index contributed by atoms with van der Waals surface area (Å²) in [6.45, 7) is 2.88.